The Hall–Kier alpha value is -3.15. The van der Waals surface area contributed by atoms with Gasteiger partial charge in [0.25, 0.3) is 0 Å². The standard InChI is InChI=1S/C22H24N2O4/c1-27-19-11-13(6-8-17(19)25)10-14-4-3-5-16-21(14)23-24-22(16)15-7-9-18(26)20(12-15)28-2/h6-12,16,22,24-26H,3-5H2,1-2H3/b14-10+. The molecule has 2 aliphatic rings. The maximum Gasteiger partial charge on any atom is 0.161 e. The summed E-state index contributed by atoms with van der Waals surface area (Å²) in [6.07, 6.45) is 5.22. The lowest BCUT2D eigenvalue weighted by Gasteiger charge is -2.26. The highest BCUT2D eigenvalue weighted by Crippen LogP contribution is 2.41. The molecule has 6 nitrogen and oxygen atoms in total. The minimum atomic E-state index is 0.0579. The van der Waals surface area contributed by atoms with Gasteiger partial charge in [-0.3, -0.25) is 0 Å². The molecule has 2 aromatic rings. The smallest absolute Gasteiger partial charge is 0.161 e. The summed E-state index contributed by atoms with van der Waals surface area (Å²) in [6.45, 7) is 0. The number of methoxy groups -OCH3 is 2. The van der Waals surface area contributed by atoms with Crippen LogP contribution >= 0.6 is 0 Å². The molecule has 28 heavy (non-hydrogen) atoms. The Morgan fingerprint density at radius 2 is 1.75 bits per heavy atom. The molecule has 146 valence electrons. The highest BCUT2D eigenvalue weighted by Gasteiger charge is 2.37. The molecule has 4 rings (SSSR count). The molecule has 0 aromatic heterocycles. The van der Waals surface area contributed by atoms with Gasteiger partial charge in [-0.15, -0.1) is 0 Å². The van der Waals surface area contributed by atoms with E-state index in [0.717, 1.165) is 36.1 Å². The van der Waals surface area contributed by atoms with Crippen LogP contribution in [0.1, 0.15) is 36.4 Å². The summed E-state index contributed by atoms with van der Waals surface area (Å²) in [6, 6.07) is 10.9. The average Bonchev–Trinajstić information content (AvgIpc) is 3.15. The van der Waals surface area contributed by atoms with Gasteiger partial charge in [0.15, 0.2) is 23.0 Å². The summed E-state index contributed by atoms with van der Waals surface area (Å²) < 4.78 is 10.5. The fourth-order valence-corrected chi connectivity index (χ4v) is 4.05. The van der Waals surface area contributed by atoms with Crippen LogP contribution in [-0.2, 0) is 0 Å². The molecule has 1 saturated carbocycles. The van der Waals surface area contributed by atoms with Gasteiger partial charge in [0.05, 0.1) is 26.0 Å². The Morgan fingerprint density at radius 3 is 2.50 bits per heavy atom. The number of rotatable bonds is 4. The van der Waals surface area contributed by atoms with Crippen molar-refractivity contribution in [2.75, 3.05) is 14.2 Å². The zero-order chi connectivity index (χ0) is 19.7. The Morgan fingerprint density at radius 1 is 1.04 bits per heavy atom. The number of benzene rings is 2. The first-order valence-corrected chi connectivity index (χ1v) is 9.38. The molecule has 3 N–H and O–H groups in total. The third-order valence-electron chi connectivity index (χ3n) is 5.48. The van der Waals surface area contributed by atoms with Crippen molar-refractivity contribution in [2.24, 2.45) is 11.0 Å². The number of hydrogen-bond donors (Lipinski definition) is 3. The maximum atomic E-state index is 9.87. The van der Waals surface area contributed by atoms with Crippen molar-refractivity contribution >= 4 is 11.8 Å². The van der Waals surface area contributed by atoms with E-state index in [-0.39, 0.29) is 23.5 Å². The van der Waals surface area contributed by atoms with Crippen LogP contribution in [0.25, 0.3) is 6.08 Å². The molecule has 0 bridgehead atoms. The highest BCUT2D eigenvalue weighted by atomic mass is 16.5. The fourth-order valence-electron chi connectivity index (χ4n) is 4.05. The molecule has 1 fully saturated rings. The molecule has 2 atom stereocenters. The minimum Gasteiger partial charge on any atom is -0.504 e. The summed E-state index contributed by atoms with van der Waals surface area (Å²) in [5.41, 5.74) is 7.58. The molecule has 2 aromatic carbocycles. The molecule has 2 unspecified atom stereocenters. The fraction of sp³-hybridized carbons (Fsp3) is 0.318. The van der Waals surface area contributed by atoms with Gasteiger partial charge in [-0.2, -0.15) is 5.10 Å². The molecular formula is C22H24N2O4. The van der Waals surface area contributed by atoms with Gasteiger partial charge < -0.3 is 25.1 Å². The monoisotopic (exact) mass is 380 g/mol. The summed E-state index contributed by atoms with van der Waals surface area (Å²) in [5.74, 6) is 1.47. The number of phenolic OH excluding ortho intramolecular Hbond substituents is 2. The Labute approximate surface area is 164 Å². The van der Waals surface area contributed by atoms with Crippen LogP contribution in [0.5, 0.6) is 23.0 Å². The van der Waals surface area contributed by atoms with Crippen molar-refractivity contribution in [3.05, 3.63) is 53.1 Å². The van der Waals surface area contributed by atoms with Crippen molar-refractivity contribution in [2.45, 2.75) is 25.3 Å². The zero-order valence-electron chi connectivity index (χ0n) is 16.0. The Balaban J connectivity index is 1.61. The molecule has 0 spiro atoms. The van der Waals surface area contributed by atoms with E-state index >= 15 is 0 Å². The highest BCUT2D eigenvalue weighted by molar-refractivity contribution is 6.07. The van der Waals surface area contributed by atoms with Gasteiger partial charge in [0.1, 0.15) is 0 Å². The van der Waals surface area contributed by atoms with Crippen molar-refractivity contribution in [3.63, 3.8) is 0 Å². The number of fused-ring (bicyclic) bond motifs is 1. The van der Waals surface area contributed by atoms with Crippen molar-refractivity contribution in [1.82, 2.24) is 5.43 Å². The van der Waals surface area contributed by atoms with E-state index in [1.165, 1.54) is 5.57 Å². The SMILES string of the molecule is COc1cc(/C=C2\CCCC3C2=NNC3c2ccc(O)c(OC)c2)ccc1O. The van der Waals surface area contributed by atoms with E-state index in [2.05, 4.69) is 16.6 Å². The van der Waals surface area contributed by atoms with Crippen LogP contribution in [0.15, 0.2) is 47.1 Å². The second-order valence-electron chi connectivity index (χ2n) is 7.13. The lowest BCUT2D eigenvalue weighted by atomic mass is 9.78. The number of ether oxygens (including phenoxy) is 2. The molecule has 1 aliphatic heterocycles. The molecule has 6 heteroatoms. The van der Waals surface area contributed by atoms with E-state index in [1.54, 1.807) is 26.4 Å². The van der Waals surface area contributed by atoms with E-state index in [9.17, 15) is 10.2 Å². The lowest BCUT2D eigenvalue weighted by molar-refractivity contribution is 0.370. The predicted molar refractivity (Wildman–Crippen MR) is 108 cm³/mol. The average molecular weight is 380 g/mol. The summed E-state index contributed by atoms with van der Waals surface area (Å²) in [5, 5.41) is 24.3. The van der Waals surface area contributed by atoms with Gasteiger partial charge in [0.2, 0.25) is 0 Å². The number of nitrogens with one attached hydrogen (secondary N) is 1. The number of aromatic hydroxyl groups is 2. The van der Waals surface area contributed by atoms with Gasteiger partial charge in [-0.1, -0.05) is 12.1 Å². The quantitative estimate of drug-likeness (QED) is 0.747. The maximum absolute atomic E-state index is 9.87. The minimum absolute atomic E-state index is 0.0579. The van der Waals surface area contributed by atoms with Crippen LogP contribution in [0, 0.1) is 5.92 Å². The van der Waals surface area contributed by atoms with Gasteiger partial charge >= 0.3 is 0 Å². The third kappa shape index (κ3) is 3.26. The number of allylic oxidation sites excluding steroid dienone is 1. The van der Waals surface area contributed by atoms with Gasteiger partial charge in [0, 0.05) is 5.92 Å². The van der Waals surface area contributed by atoms with Gasteiger partial charge in [-0.05, 0) is 66.3 Å². The number of hydrogen-bond acceptors (Lipinski definition) is 6. The second-order valence-corrected chi connectivity index (χ2v) is 7.13. The summed E-state index contributed by atoms with van der Waals surface area (Å²) in [4.78, 5) is 0. The molecule has 1 aliphatic carbocycles. The van der Waals surface area contributed by atoms with E-state index in [4.69, 9.17) is 9.47 Å². The van der Waals surface area contributed by atoms with Crippen molar-refractivity contribution in [3.8, 4) is 23.0 Å². The molecule has 0 saturated heterocycles. The van der Waals surface area contributed by atoms with Crippen LogP contribution in [-0.4, -0.2) is 30.1 Å². The van der Waals surface area contributed by atoms with Crippen molar-refractivity contribution < 1.29 is 19.7 Å². The Kier molecular flexibility index (Phi) is 4.86. The first-order valence-electron chi connectivity index (χ1n) is 9.38. The molecule has 0 radical (unpaired) electrons. The summed E-state index contributed by atoms with van der Waals surface area (Å²) in [7, 11) is 3.10. The number of hydrazone groups is 1. The number of nitrogens with zero attached hydrogens (tertiary/aromatic N) is 1. The zero-order valence-corrected chi connectivity index (χ0v) is 16.0. The molecule has 0 amide bonds. The van der Waals surface area contributed by atoms with E-state index < -0.39 is 0 Å². The normalized spacial score (nSPS) is 22.4. The molecule has 1 heterocycles. The van der Waals surface area contributed by atoms with Crippen LogP contribution in [0.4, 0.5) is 0 Å². The molecular weight excluding hydrogens is 356 g/mol. The third-order valence-corrected chi connectivity index (χ3v) is 5.48. The van der Waals surface area contributed by atoms with Crippen LogP contribution in [0.3, 0.4) is 0 Å². The first-order chi connectivity index (χ1) is 13.6. The van der Waals surface area contributed by atoms with Crippen LogP contribution < -0.4 is 14.9 Å². The first kappa shape index (κ1) is 18.2. The van der Waals surface area contributed by atoms with Crippen LogP contribution in [0.2, 0.25) is 0 Å². The van der Waals surface area contributed by atoms with Crippen molar-refractivity contribution in [1.29, 1.82) is 0 Å². The lowest BCUT2D eigenvalue weighted by Crippen LogP contribution is -2.25. The summed E-state index contributed by atoms with van der Waals surface area (Å²) >= 11 is 0. The topological polar surface area (TPSA) is 83.3 Å². The Bertz CT molecular complexity index is 952. The largest absolute Gasteiger partial charge is 0.504 e. The number of phenols is 2. The second kappa shape index (κ2) is 7.46. The predicted octanol–water partition coefficient (Wildman–Crippen LogP) is 4.00. The van der Waals surface area contributed by atoms with E-state index in [0.29, 0.717) is 11.5 Å². The van der Waals surface area contributed by atoms with Gasteiger partial charge in [-0.25, -0.2) is 0 Å². The van der Waals surface area contributed by atoms with E-state index in [1.807, 2.05) is 24.3 Å².